The number of ether oxygens (including phenoxy) is 1. The van der Waals surface area contributed by atoms with Gasteiger partial charge in [-0.2, -0.15) is 18.2 Å². The van der Waals surface area contributed by atoms with E-state index in [1.807, 2.05) is 0 Å². The molecule has 2 heterocycles. The fourth-order valence-electron chi connectivity index (χ4n) is 2.28. The third kappa shape index (κ3) is 2.77. The molecule has 1 aliphatic heterocycles. The second-order valence-electron chi connectivity index (χ2n) is 4.93. The molecule has 2 aromatic rings. The van der Waals surface area contributed by atoms with Crippen LogP contribution in [0.2, 0.25) is 0 Å². The van der Waals surface area contributed by atoms with E-state index in [2.05, 4.69) is 15.4 Å². The molecule has 0 amide bonds. The van der Waals surface area contributed by atoms with Crippen LogP contribution in [-0.2, 0) is 11.0 Å². The molecule has 1 atom stereocenters. The molecule has 0 saturated carbocycles. The van der Waals surface area contributed by atoms with Gasteiger partial charge in [0, 0.05) is 0 Å². The lowest BCUT2D eigenvalue weighted by Gasteiger charge is -2.22. The number of carbonyl (C=O) groups is 1. The minimum Gasteiger partial charge on any atom is -0.497 e. The van der Waals surface area contributed by atoms with E-state index in [1.165, 1.54) is 13.2 Å². The average Bonchev–Trinajstić information content (AvgIpc) is 2.98. The first-order valence-corrected chi connectivity index (χ1v) is 6.69. The predicted molar refractivity (Wildman–Crippen MR) is 75.5 cm³/mol. The monoisotopic (exact) mass is 340 g/mol. The van der Waals surface area contributed by atoms with Gasteiger partial charge in [0.2, 0.25) is 5.95 Å². The van der Waals surface area contributed by atoms with Crippen molar-refractivity contribution in [1.82, 2.24) is 14.8 Å². The number of methoxy groups -OCH3 is 1. The largest absolute Gasteiger partial charge is 0.497 e. The lowest BCUT2D eigenvalue weighted by Crippen LogP contribution is -2.24. The number of nitrogens with one attached hydrogen (secondary N) is 1. The Balaban J connectivity index is 2.09. The average molecular weight is 340 g/mol. The van der Waals surface area contributed by atoms with Crippen LogP contribution < -0.4 is 10.1 Å². The maximum absolute atomic E-state index is 12.8. The number of fused-ring (bicyclic) bond motifs is 1. The summed E-state index contributed by atoms with van der Waals surface area (Å²) >= 11 is 0. The van der Waals surface area contributed by atoms with Crippen LogP contribution in [-0.4, -0.2) is 33.0 Å². The molecule has 3 rings (SSSR count). The van der Waals surface area contributed by atoms with Crippen molar-refractivity contribution in [2.45, 2.75) is 12.2 Å². The molecule has 126 valence electrons. The van der Waals surface area contributed by atoms with Crippen molar-refractivity contribution >= 4 is 11.9 Å². The Labute approximate surface area is 133 Å². The minimum absolute atomic E-state index is 0.274. The summed E-state index contributed by atoms with van der Waals surface area (Å²) in [5, 5.41) is 14.9. The number of allylic oxidation sites excluding steroid dienone is 1. The van der Waals surface area contributed by atoms with Crippen molar-refractivity contribution in [3.8, 4) is 5.75 Å². The summed E-state index contributed by atoms with van der Waals surface area (Å²) in [6, 6.07) is 5.62. The van der Waals surface area contributed by atoms with Crippen LogP contribution in [0.4, 0.5) is 19.1 Å². The summed E-state index contributed by atoms with van der Waals surface area (Å²) in [7, 11) is 1.48. The second kappa shape index (κ2) is 5.55. The molecule has 1 aromatic carbocycles. The van der Waals surface area contributed by atoms with Crippen molar-refractivity contribution in [1.29, 1.82) is 0 Å². The Morgan fingerprint density at radius 1 is 1.33 bits per heavy atom. The van der Waals surface area contributed by atoms with E-state index >= 15 is 0 Å². The molecule has 0 radical (unpaired) electrons. The quantitative estimate of drug-likeness (QED) is 0.891. The molecule has 2 N–H and O–H groups in total. The summed E-state index contributed by atoms with van der Waals surface area (Å²) in [5.74, 6) is -2.38. The highest BCUT2D eigenvalue weighted by molar-refractivity contribution is 5.90. The Hall–Kier alpha value is -3.04. The number of halogens is 3. The van der Waals surface area contributed by atoms with E-state index in [9.17, 15) is 18.0 Å². The molecule has 0 bridgehead atoms. The van der Waals surface area contributed by atoms with Crippen LogP contribution in [0, 0.1) is 0 Å². The van der Waals surface area contributed by atoms with Gasteiger partial charge >= 0.3 is 12.1 Å². The van der Waals surface area contributed by atoms with Gasteiger partial charge < -0.3 is 15.2 Å². The zero-order valence-electron chi connectivity index (χ0n) is 12.2. The standard InChI is InChI=1S/C14H11F3N4O3/c1-24-8-4-2-7(3-5-8)10-6-9(11(22)23)18-13-19-12(14(15,16)17)20-21(10)13/h2-6,10H,1H3,(H,22,23)(H,18,19,20)/t10-/m1/s1. The van der Waals surface area contributed by atoms with Crippen LogP contribution in [0.15, 0.2) is 36.0 Å². The van der Waals surface area contributed by atoms with E-state index < -0.39 is 24.0 Å². The number of nitrogens with zero attached hydrogens (tertiary/aromatic N) is 3. The molecule has 1 aromatic heterocycles. The SMILES string of the molecule is COc1ccc([C@H]2C=C(C(=O)O)Nc3nc(C(F)(F)F)nn32)cc1. The fourth-order valence-corrected chi connectivity index (χ4v) is 2.28. The number of hydrogen-bond acceptors (Lipinski definition) is 5. The number of hydrogen-bond donors (Lipinski definition) is 2. The molecule has 0 saturated heterocycles. The Morgan fingerprint density at radius 3 is 2.54 bits per heavy atom. The lowest BCUT2D eigenvalue weighted by molar-refractivity contribution is -0.145. The van der Waals surface area contributed by atoms with Gasteiger partial charge in [-0.05, 0) is 23.8 Å². The first kappa shape index (κ1) is 15.8. The van der Waals surface area contributed by atoms with Crippen LogP contribution in [0.25, 0.3) is 0 Å². The zero-order chi connectivity index (χ0) is 17.5. The molecular weight excluding hydrogens is 329 g/mol. The smallest absolute Gasteiger partial charge is 0.453 e. The Bertz CT molecular complexity index is 812. The molecule has 0 fully saturated rings. The molecule has 24 heavy (non-hydrogen) atoms. The molecule has 7 nitrogen and oxygen atoms in total. The molecule has 0 aliphatic carbocycles. The summed E-state index contributed by atoms with van der Waals surface area (Å²) in [5.41, 5.74) is 0.264. The van der Waals surface area contributed by atoms with E-state index in [0.717, 1.165) is 4.68 Å². The Kier molecular flexibility index (Phi) is 3.66. The summed E-state index contributed by atoms with van der Waals surface area (Å²) < 4.78 is 44.6. The van der Waals surface area contributed by atoms with Gasteiger partial charge in [0.1, 0.15) is 17.5 Å². The van der Waals surface area contributed by atoms with Crippen LogP contribution >= 0.6 is 0 Å². The third-order valence-electron chi connectivity index (χ3n) is 3.41. The third-order valence-corrected chi connectivity index (χ3v) is 3.41. The van der Waals surface area contributed by atoms with Crippen LogP contribution in [0.3, 0.4) is 0 Å². The van der Waals surface area contributed by atoms with Crippen molar-refractivity contribution in [3.05, 3.63) is 47.4 Å². The number of benzene rings is 1. The van der Waals surface area contributed by atoms with E-state index in [-0.39, 0.29) is 11.6 Å². The highest BCUT2D eigenvalue weighted by Crippen LogP contribution is 2.33. The fraction of sp³-hybridized carbons (Fsp3) is 0.214. The van der Waals surface area contributed by atoms with Gasteiger partial charge in [-0.25, -0.2) is 9.48 Å². The molecule has 0 unspecified atom stereocenters. The summed E-state index contributed by atoms with van der Waals surface area (Å²) in [4.78, 5) is 14.6. The number of aliphatic carboxylic acids is 1. The molecule has 0 spiro atoms. The predicted octanol–water partition coefficient (Wildman–Crippen LogP) is 2.29. The van der Waals surface area contributed by atoms with Gasteiger partial charge in [0.15, 0.2) is 0 Å². The number of rotatable bonds is 3. The van der Waals surface area contributed by atoms with Gasteiger partial charge in [-0.1, -0.05) is 12.1 Å². The van der Waals surface area contributed by atoms with Gasteiger partial charge in [0.25, 0.3) is 5.82 Å². The number of carboxylic acid groups (broad SMARTS) is 1. The van der Waals surface area contributed by atoms with E-state index in [0.29, 0.717) is 11.3 Å². The normalized spacial score (nSPS) is 16.8. The zero-order valence-corrected chi connectivity index (χ0v) is 12.2. The highest BCUT2D eigenvalue weighted by atomic mass is 19.4. The first-order chi connectivity index (χ1) is 11.3. The molecular formula is C14H11F3N4O3. The summed E-state index contributed by atoms with van der Waals surface area (Å²) in [6.45, 7) is 0. The van der Waals surface area contributed by atoms with Crippen LogP contribution in [0.5, 0.6) is 5.75 Å². The van der Waals surface area contributed by atoms with Crippen molar-refractivity contribution in [3.63, 3.8) is 0 Å². The van der Waals surface area contributed by atoms with Gasteiger partial charge in [-0.15, -0.1) is 5.10 Å². The number of alkyl halides is 3. The maximum atomic E-state index is 12.8. The van der Waals surface area contributed by atoms with Gasteiger partial charge in [-0.3, -0.25) is 0 Å². The number of anilines is 1. The first-order valence-electron chi connectivity index (χ1n) is 6.69. The van der Waals surface area contributed by atoms with Crippen molar-refractivity contribution in [2.75, 3.05) is 12.4 Å². The molecule has 1 aliphatic rings. The lowest BCUT2D eigenvalue weighted by atomic mass is 10.0. The Morgan fingerprint density at radius 2 is 2.00 bits per heavy atom. The minimum atomic E-state index is -4.74. The van der Waals surface area contributed by atoms with Crippen molar-refractivity contribution < 1.29 is 27.8 Å². The number of carboxylic acids is 1. The number of aromatic nitrogens is 3. The second-order valence-corrected chi connectivity index (χ2v) is 4.93. The summed E-state index contributed by atoms with van der Waals surface area (Å²) in [6.07, 6.45) is -3.47. The topological polar surface area (TPSA) is 89.3 Å². The van der Waals surface area contributed by atoms with E-state index in [1.54, 1.807) is 24.3 Å². The van der Waals surface area contributed by atoms with E-state index in [4.69, 9.17) is 9.84 Å². The maximum Gasteiger partial charge on any atom is 0.453 e. The molecule has 10 heteroatoms. The highest BCUT2D eigenvalue weighted by Gasteiger charge is 2.39. The van der Waals surface area contributed by atoms with Crippen molar-refractivity contribution in [2.24, 2.45) is 0 Å². The van der Waals surface area contributed by atoms with Crippen LogP contribution in [0.1, 0.15) is 17.4 Å². The van der Waals surface area contributed by atoms with Gasteiger partial charge in [0.05, 0.1) is 7.11 Å².